The fourth-order valence-electron chi connectivity index (χ4n) is 4.30. The lowest BCUT2D eigenvalue weighted by atomic mass is 9.96. The smallest absolute Gasteiger partial charge is 0.0602 e. The molecule has 5 rings (SSSR count). The summed E-state index contributed by atoms with van der Waals surface area (Å²) < 4.78 is 0. The van der Waals surface area contributed by atoms with Crippen LogP contribution in [0.2, 0.25) is 0 Å². The summed E-state index contributed by atoms with van der Waals surface area (Å²) in [5, 5.41) is 2.16. The number of hydrogen-bond donors (Lipinski definition) is 0. The van der Waals surface area contributed by atoms with Gasteiger partial charge in [0.25, 0.3) is 0 Å². The molecule has 0 unspecified atom stereocenters. The molecule has 3 heterocycles. The van der Waals surface area contributed by atoms with E-state index in [1.165, 1.54) is 25.8 Å². The Hall–Kier alpha value is -2.24. The van der Waals surface area contributed by atoms with Crippen LogP contribution in [0.4, 0.5) is 0 Å². The second-order valence-electron chi connectivity index (χ2n) is 7.78. The molecule has 1 aliphatic heterocycles. The standard InChI is InChI=1S/C26H26N2S2/c1-3-8-21(9-4-1)26(22-10-5-2-6-11-22)28-17-15-27(16-18-28)20-23-13-14-25(30-23)24-12-7-19-29-24/h1-14,19,26H,15-18,20H2. The molecule has 1 aliphatic rings. The maximum atomic E-state index is 2.65. The highest BCUT2D eigenvalue weighted by atomic mass is 32.1. The first-order valence-corrected chi connectivity index (χ1v) is 12.3. The first-order valence-electron chi connectivity index (χ1n) is 10.6. The van der Waals surface area contributed by atoms with E-state index >= 15 is 0 Å². The van der Waals surface area contributed by atoms with Crippen LogP contribution in [-0.4, -0.2) is 36.0 Å². The number of rotatable bonds is 6. The van der Waals surface area contributed by atoms with E-state index in [1.54, 1.807) is 0 Å². The minimum atomic E-state index is 0.335. The lowest BCUT2D eigenvalue weighted by molar-refractivity contribution is 0.105. The maximum absolute atomic E-state index is 2.65. The summed E-state index contributed by atoms with van der Waals surface area (Å²) >= 11 is 3.77. The van der Waals surface area contributed by atoms with E-state index < -0.39 is 0 Å². The highest BCUT2D eigenvalue weighted by molar-refractivity contribution is 7.21. The zero-order valence-corrected chi connectivity index (χ0v) is 18.6. The molecule has 2 nitrogen and oxygen atoms in total. The zero-order chi connectivity index (χ0) is 20.2. The predicted octanol–water partition coefficient (Wildman–Crippen LogP) is 6.38. The van der Waals surface area contributed by atoms with Gasteiger partial charge in [-0.2, -0.15) is 0 Å². The van der Waals surface area contributed by atoms with Gasteiger partial charge in [-0.3, -0.25) is 9.80 Å². The highest BCUT2D eigenvalue weighted by Gasteiger charge is 2.26. The average molecular weight is 431 g/mol. The van der Waals surface area contributed by atoms with Crippen molar-refractivity contribution in [2.45, 2.75) is 12.6 Å². The van der Waals surface area contributed by atoms with Crippen LogP contribution in [-0.2, 0) is 6.54 Å². The van der Waals surface area contributed by atoms with E-state index in [0.717, 1.165) is 32.7 Å². The van der Waals surface area contributed by atoms with Gasteiger partial charge in [0.2, 0.25) is 0 Å². The van der Waals surface area contributed by atoms with Crippen LogP contribution < -0.4 is 0 Å². The van der Waals surface area contributed by atoms with Gasteiger partial charge in [-0.05, 0) is 34.7 Å². The van der Waals surface area contributed by atoms with Gasteiger partial charge in [-0.1, -0.05) is 66.7 Å². The first kappa shape index (κ1) is 19.7. The van der Waals surface area contributed by atoms with E-state index in [-0.39, 0.29) is 0 Å². The molecule has 0 atom stereocenters. The van der Waals surface area contributed by atoms with Gasteiger partial charge in [-0.15, -0.1) is 22.7 Å². The van der Waals surface area contributed by atoms with Crippen molar-refractivity contribution in [1.82, 2.24) is 9.80 Å². The van der Waals surface area contributed by atoms with Crippen LogP contribution in [0.5, 0.6) is 0 Å². The topological polar surface area (TPSA) is 6.48 Å². The van der Waals surface area contributed by atoms with Crippen molar-refractivity contribution >= 4 is 22.7 Å². The second-order valence-corrected chi connectivity index (χ2v) is 9.90. The fourth-order valence-corrected chi connectivity index (χ4v) is 6.18. The van der Waals surface area contributed by atoms with E-state index in [9.17, 15) is 0 Å². The van der Waals surface area contributed by atoms with Gasteiger partial charge >= 0.3 is 0 Å². The number of hydrogen-bond acceptors (Lipinski definition) is 4. The van der Waals surface area contributed by atoms with E-state index in [0.29, 0.717) is 6.04 Å². The number of nitrogens with zero attached hydrogens (tertiary/aromatic N) is 2. The molecular weight excluding hydrogens is 404 g/mol. The third kappa shape index (κ3) is 4.42. The Labute approximate surface area is 187 Å². The van der Waals surface area contributed by atoms with Crippen LogP contribution >= 0.6 is 22.7 Å². The molecule has 0 amide bonds. The summed E-state index contributed by atoms with van der Waals surface area (Å²) in [7, 11) is 0. The molecule has 152 valence electrons. The van der Waals surface area contributed by atoms with Crippen molar-refractivity contribution < 1.29 is 0 Å². The zero-order valence-electron chi connectivity index (χ0n) is 17.0. The fraction of sp³-hybridized carbons (Fsp3) is 0.231. The normalized spacial score (nSPS) is 15.6. The van der Waals surface area contributed by atoms with Gasteiger partial charge < -0.3 is 0 Å². The highest BCUT2D eigenvalue weighted by Crippen LogP contribution is 2.33. The quantitative estimate of drug-likeness (QED) is 0.350. The largest absolute Gasteiger partial charge is 0.296 e. The van der Waals surface area contributed by atoms with Crippen molar-refractivity contribution in [3.63, 3.8) is 0 Å². The summed E-state index contributed by atoms with van der Waals surface area (Å²) in [5.41, 5.74) is 2.77. The molecule has 1 saturated heterocycles. The van der Waals surface area contributed by atoms with Gasteiger partial charge in [0.05, 0.1) is 6.04 Å². The van der Waals surface area contributed by atoms with E-state index in [4.69, 9.17) is 0 Å². The maximum Gasteiger partial charge on any atom is 0.0602 e. The summed E-state index contributed by atoms with van der Waals surface area (Å²) in [6, 6.07) is 31.2. The molecule has 0 N–H and O–H groups in total. The molecular formula is C26H26N2S2. The van der Waals surface area contributed by atoms with Crippen molar-refractivity contribution in [3.05, 3.63) is 106 Å². The molecule has 2 aromatic heterocycles. The molecule has 4 heteroatoms. The Morgan fingerprint density at radius 1 is 0.667 bits per heavy atom. The van der Waals surface area contributed by atoms with Crippen molar-refractivity contribution in [2.24, 2.45) is 0 Å². The van der Waals surface area contributed by atoms with Crippen LogP contribution in [0.1, 0.15) is 22.0 Å². The summed E-state index contributed by atoms with van der Waals surface area (Å²) in [6.45, 7) is 5.48. The molecule has 1 fully saturated rings. The lowest BCUT2D eigenvalue weighted by Crippen LogP contribution is -2.47. The van der Waals surface area contributed by atoms with E-state index in [1.807, 2.05) is 22.7 Å². The van der Waals surface area contributed by atoms with Gasteiger partial charge in [0, 0.05) is 47.4 Å². The molecule has 0 spiro atoms. The monoisotopic (exact) mass is 430 g/mol. The van der Waals surface area contributed by atoms with Gasteiger partial charge in [-0.25, -0.2) is 0 Å². The third-order valence-electron chi connectivity index (χ3n) is 5.81. The Kier molecular flexibility index (Phi) is 6.09. The summed E-state index contributed by atoms with van der Waals surface area (Å²) in [5.74, 6) is 0. The third-order valence-corrected chi connectivity index (χ3v) is 7.94. The van der Waals surface area contributed by atoms with Crippen LogP contribution in [0.3, 0.4) is 0 Å². The summed E-state index contributed by atoms with van der Waals surface area (Å²) in [6.07, 6.45) is 0. The Morgan fingerprint density at radius 3 is 1.93 bits per heavy atom. The van der Waals surface area contributed by atoms with E-state index in [2.05, 4.69) is 100 Å². The number of piperazine rings is 1. The van der Waals surface area contributed by atoms with Crippen LogP contribution in [0.15, 0.2) is 90.3 Å². The molecule has 0 radical (unpaired) electrons. The Morgan fingerprint density at radius 2 is 1.33 bits per heavy atom. The first-order chi connectivity index (χ1) is 14.9. The van der Waals surface area contributed by atoms with Crippen LogP contribution in [0, 0.1) is 0 Å². The lowest BCUT2D eigenvalue weighted by Gasteiger charge is -2.39. The van der Waals surface area contributed by atoms with Gasteiger partial charge in [0.1, 0.15) is 0 Å². The molecule has 30 heavy (non-hydrogen) atoms. The average Bonchev–Trinajstić information content (AvgIpc) is 3.49. The SMILES string of the molecule is c1ccc(C(c2ccccc2)N2CCN(Cc3ccc(-c4cccs4)s3)CC2)cc1. The van der Waals surface area contributed by atoms with Crippen LogP contribution in [0.25, 0.3) is 9.75 Å². The Bertz CT molecular complexity index is 994. The molecule has 0 aliphatic carbocycles. The minimum Gasteiger partial charge on any atom is -0.296 e. The minimum absolute atomic E-state index is 0.335. The molecule has 4 aromatic rings. The molecule has 0 bridgehead atoms. The number of thiophene rings is 2. The van der Waals surface area contributed by atoms with Crippen molar-refractivity contribution in [2.75, 3.05) is 26.2 Å². The molecule has 2 aromatic carbocycles. The van der Waals surface area contributed by atoms with Gasteiger partial charge in [0.15, 0.2) is 0 Å². The predicted molar refractivity (Wildman–Crippen MR) is 129 cm³/mol. The second kappa shape index (κ2) is 9.27. The number of benzene rings is 2. The molecule has 0 saturated carbocycles. The van der Waals surface area contributed by atoms with Crippen molar-refractivity contribution in [1.29, 1.82) is 0 Å². The Balaban J connectivity index is 1.26. The summed E-state index contributed by atoms with van der Waals surface area (Å²) in [4.78, 5) is 9.49. The van der Waals surface area contributed by atoms with Crippen molar-refractivity contribution in [3.8, 4) is 9.75 Å².